The highest BCUT2D eigenvalue weighted by atomic mass is 16.3. The van der Waals surface area contributed by atoms with Crippen molar-refractivity contribution in [2.45, 2.75) is 39.0 Å². The molecule has 2 aliphatic rings. The van der Waals surface area contributed by atoms with Crippen LogP contribution in [0, 0.1) is 11.8 Å². The minimum absolute atomic E-state index is 0.0229. The van der Waals surface area contributed by atoms with Crippen molar-refractivity contribution in [2.75, 3.05) is 39.8 Å². The number of amides is 1. The largest absolute Gasteiger partial charge is 0.459 e. The number of hydrogen-bond acceptors (Lipinski definition) is 3. The number of nitrogens with one attached hydrogen (secondary N) is 1. The van der Waals surface area contributed by atoms with E-state index in [0.29, 0.717) is 18.8 Å². The van der Waals surface area contributed by atoms with Crippen LogP contribution in [0.25, 0.3) is 0 Å². The average Bonchev–Trinajstić information content (AvgIpc) is 3.24. The molecule has 0 bridgehead atoms. The molecule has 1 aromatic heterocycles. The van der Waals surface area contributed by atoms with Gasteiger partial charge in [-0.05, 0) is 36.8 Å². The number of carbonyl (C=O) groups excluding carboxylic acids is 1. The third-order valence-electron chi connectivity index (χ3n) is 5.90. The number of guanidine groups is 1. The lowest BCUT2D eigenvalue weighted by molar-refractivity contribution is 0.0657. The van der Waals surface area contributed by atoms with Gasteiger partial charge in [-0.3, -0.25) is 9.79 Å². The number of carbonyl (C=O) groups is 1. The van der Waals surface area contributed by atoms with Crippen molar-refractivity contribution in [1.29, 1.82) is 0 Å². The van der Waals surface area contributed by atoms with Crippen LogP contribution in [0.4, 0.5) is 0 Å². The maximum absolute atomic E-state index is 12.4. The van der Waals surface area contributed by atoms with Gasteiger partial charge >= 0.3 is 0 Å². The Morgan fingerprint density at radius 3 is 2.38 bits per heavy atom. The minimum atomic E-state index is -0.0229. The highest BCUT2D eigenvalue weighted by Gasteiger charge is 2.26. The fourth-order valence-electron chi connectivity index (χ4n) is 4.09. The summed E-state index contributed by atoms with van der Waals surface area (Å²) in [6.45, 7) is 6.31. The second-order valence-corrected chi connectivity index (χ2v) is 7.48. The highest BCUT2D eigenvalue weighted by Crippen LogP contribution is 2.30. The van der Waals surface area contributed by atoms with Crippen molar-refractivity contribution in [3.05, 3.63) is 24.2 Å². The normalized spacial score (nSPS) is 24.6. The van der Waals surface area contributed by atoms with Crippen LogP contribution < -0.4 is 5.32 Å². The van der Waals surface area contributed by atoms with Crippen LogP contribution in [0.1, 0.15) is 49.6 Å². The number of nitrogens with zero attached hydrogens (tertiary/aromatic N) is 3. The van der Waals surface area contributed by atoms with Crippen LogP contribution in [0.3, 0.4) is 0 Å². The summed E-state index contributed by atoms with van der Waals surface area (Å²) < 4.78 is 5.22. The number of aliphatic imine (C=N–C) groups is 1. The third-order valence-corrected chi connectivity index (χ3v) is 5.90. The Kier molecular flexibility index (Phi) is 6.58. The molecule has 0 atom stereocenters. The lowest BCUT2D eigenvalue weighted by atomic mass is 9.81. The van der Waals surface area contributed by atoms with Crippen molar-refractivity contribution in [1.82, 2.24) is 15.1 Å². The highest BCUT2D eigenvalue weighted by molar-refractivity contribution is 5.91. The van der Waals surface area contributed by atoms with Crippen LogP contribution in [-0.2, 0) is 0 Å². The summed E-state index contributed by atoms with van der Waals surface area (Å²) in [5.74, 6) is 3.06. The molecule has 1 saturated carbocycles. The first kappa shape index (κ1) is 18.8. The van der Waals surface area contributed by atoms with Crippen LogP contribution in [0.2, 0.25) is 0 Å². The molecule has 2 fully saturated rings. The second kappa shape index (κ2) is 9.10. The minimum Gasteiger partial charge on any atom is -0.459 e. The van der Waals surface area contributed by atoms with E-state index in [1.54, 1.807) is 18.4 Å². The third kappa shape index (κ3) is 4.59. The standard InChI is InChI=1S/C20H32N4O2/c1-3-16-6-8-17(9-7-16)15-22-20(21-2)24-12-10-23(11-13-24)19(25)18-5-4-14-26-18/h4-5,14,16-17H,3,6-13,15H2,1-2H3,(H,21,22). The van der Waals surface area contributed by atoms with Crippen LogP contribution in [0.5, 0.6) is 0 Å². The summed E-state index contributed by atoms with van der Waals surface area (Å²) in [7, 11) is 1.84. The molecular formula is C20H32N4O2. The van der Waals surface area contributed by atoms with Gasteiger partial charge < -0.3 is 19.5 Å². The van der Waals surface area contributed by atoms with E-state index in [2.05, 4.69) is 22.1 Å². The quantitative estimate of drug-likeness (QED) is 0.662. The Bertz CT molecular complexity index is 583. The summed E-state index contributed by atoms with van der Waals surface area (Å²) in [6.07, 6.45) is 8.26. The van der Waals surface area contributed by atoms with E-state index in [1.165, 1.54) is 32.1 Å². The predicted octanol–water partition coefficient (Wildman–Crippen LogP) is 2.83. The molecule has 0 aromatic carbocycles. The Morgan fingerprint density at radius 2 is 1.81 bits per heavy atom. The van der Waals surface area contributed by atoms with Crippen molar-refractivity contribution < 1.29 is 9.21 Å². The fourth-order valence-corrected chi connectivity index (χ4v) is 4.09. The van der Waals surface area contributed by atoms with Gasteiger partial charge in [-0.2, -0.15) is 0 Å². The van der Waals surface area contributed by atoms with Crippen LogP contribution in [-0.4, -0.2) is 61.4 Å². The SMILES string of the molecule is CCC1CCC(CNC(=NC)N2CCN(C(=O)c3ccco3)CC2)CC1. The molecule has 1 saturated heterocycles. The molecule has 1 amide bonds. The smallest absolute Gasteiger partial charge is 0.289 e. The van der Waals surface area contributed by atoms with E-state index < -0.39 is 0 Å². The molecule has 1 aromatic rings. The number of piperazine rings is 1. The Hall–Kier alpha value is -1.98. The van der Waals surface area contributed by atoms with Gasteiger partial charge in [-0.15, -0.1) is 0 Å². The average molecular weight is 361 g/mol. The molecule has 0 unspecified atom stereocenters. The van der Waals surface area contributed by atoms with E-state index in [4.69, 9.17) is 4.42 Å². The molecule has 2 heterocycles. The monoisotopic (exact) mass is 360 g/mol. The van der Waals surface area contributed by atoms with Crippen molar-refractivity contribution in [2.24, 2.45) is 16.8 Å². The van der Waals surface area contributed by atoms with Crippen molar-refractivity contribution in [3.8, 4) is 0 Å². The van der Waals surface area contributed by atoms with Crippen molar-refractivity contribution in [3.63, 3.8) is 0 Å². The maximum atomic E-state index is 12.4. The van der Waals surface area contributed by atoms with Crippen molar-refractivity contribution >= 4 is 11.9 Å². The molecule has 1 aliphatic carbocycles. The predicted molar refractivity (Wildman–Crippen MR) is 103 cm³/mol. The molecule has 0 spiro atoms. The number of rotatable bonds is 4. The number of furan rings is 1. The van der Waals surface area contributed by atoms with Gasteiger partial charge in [0.1, 0.15) is 0 Å². The van der Waals surface area contributed by atoms with Gasteiger partial charge in [-0.25, -0.2) is 0 Å². The molecule has 6 heteroatoms. The van der Waals surface area contributed by atoms with E-state index >= 15 is 0 Å². The van der Waals surface area contributed by atoms with Gasteiger partial charge in [0.05, 0.1) is 6.26 Å². The molecule has 1 aliphatic heterocycles. The van der Waals surface area contributed by atoms with E-state index in [9.17, 15) is 4.79 Å². The maximum Gasteiger partial charge on any atom is 0.289 e. The summed E-state index contributed by atoms with van der Waals surface area (Å²) in [6, 6.07) is 3.48. The molecule has 144 valence electrons. The summed E-state index contributed by atoms with van der Waals surface area (Å²) in [5.41, 5.74) is 0. The first-order valence-corrected chi connectivity index (χ1v) is 9.99. The lowest BCUT2D eigenvalue weighted by Gasteiger charge is -2.37. The zero-order valence-electron chi connectivity index (χ0n) is 16.1. The fraction of sp³-hybridized carbons (Fsp3) is 0.700. The van der Waals surface area contributed by atoms with Gasteiger partial charge in [0, 0.05) is 39.8 Å². The molecule has 3 rings (SSSR count). The first-order chi connectivity index (χ1) is 12.7. The topological polar surface area (TPSA) is 61.1 Å². The summed E-state index contributed by atoms with van der Waals surface area (Å²) >= 11 is 0. The Morgan fingerprint density at radius 1 is 1.15 bits per heavy atom. The van der Waals surface area contributed by atoms with Gasteiger partial charge in [0.2, 0.25) is 0 Å². The molecule has 1 N–H and O–H groups in total. The van der Waals surface area contributed by atoms with Gasteiger partial charge in [-0.1, -0.05) is 26.2 Å². The Labute approximate surface area is 156 Å². The second-order valence-electron chi connectivity index (χ2n) is 7.48. The molecule has 26 heavy (non-hydrogen) atoms. The zero-order valence-corrected chi connectivity index (χ0v) is 16.1. The molecule has 6 nitrogen and oxygen atoms in total. The van der Waals surface area contributed by atoms with Gasteiger partial charge in [0.25, 0.3) is 5.91 Å². The Balaban J connectivity index is 1.43. The lowest BCUT2D eigenvalue weighted by Crippen LogP contribution is -2.54. The molecular weight excluding hydrogens is 328 g/mol. The van der Waals surface area contributed by atoms with Crippen LogP contribution >= 0.6 is 0 Å². The number of hydrogen-bond donors (Lipinski definition) is 1. The summed E-state index contributed by atoms with van der Waals surface area (Å²) in [4.78, 5) is 20.9. The van der Waals surface area contributed by atoms with Gasteiger partial charge in [0.15, 0.2) is 11.7 Å². The van der Waals surface area contributed by atoms with E-state index in [0.717, 1.165) is 37.4 Å². The molecule has 0 radical (unpaired) electrons. The van der Waals surface area contributed by atoms with E-state index in [1.807, 2.05) is 11.9 Å². The zero-order chi connectivity index (χ0) is 18.4. The first-order valence-electron chi connectivity index (χ1n) is 9.99. The van der Waals surface area contributed by atoms with E-state index in [-0.39, 0.29) is 5.91 Å². The summed E-state index contributed by atoms with van der Waals surface area (Å²) in [5, 5.41) is 3.57. The van der Waals surface area contributed by atoms with Crippen LogP contribution in [0.15, 0.2) is 27.8 Å².